The van der Waals surface area contributed by atoms with Crippen LogP contribution in [0.2, 0.25) is 0 Å². The van der Waals surface area contributed by atoms with Crippen molar-refractivity contribution < 1.29 is 8.78 Å². The largest absolute Gasteiger partial charge is 0.309 e. The van der Waals surface area contributed by atoms with E-state index < -0.39 is 17.7 Å². The average molecular weight is 405 g/mol. The van der Waals surface area contributed by atoms with Gasteiger partial charge in [0.05, 0.1) is 10.5 Å². The molecule has 0 bridgehead atoms. The molecule has 0 radical (unpaired) electrons. The number of hydrogen-bond donors (Lipinski definition) is 1. The van der Waals surface area contributed by atoms with E-state index in [0.717, 1.165) is 15.6 Å². The topological polar surface area (TPSA) is 12.0 Å². The molecule has 1 atom stereocenters. The minimum atomic E-state index is -0.585. The Hall–Kier alpha value is -0.780. The molecular weight excluding hydrogens is 392 g/mol. The van der Waals surface area contributed by atoms with Gasteiger partial charge in [0, 0.05) is 10.0 Å². The van der Waals surface area contributed by atoms with Crippen LogP contribution in [-0.2, 0) is 0 Å². The summed E-state index contributed by atoms with van der Waals surface area (Å²) in [6.45, 7) is 1.94. The summed E-state index contributed by atoms with van der Waals surface area (Å²) in [5, 5.41) is 2.98. The van der Waals surface area contributed by atoms with E-state index >= 15 is 0 Å². The van der Waals surface area contributed by atoms with Crippen molar-refractivity contribution in [2.75, 3.05) is 7.05 Å². The van der Waals surface area contributed by atoms with Gasteiger partial charge in [-0.1, -0.05) is 33.6 Å². The van der Waals surface area contributed by atoms with Gasteiger partial charge in [-0.2, -0.15) is 0 Å². The van der Waals surface area contributed by atoms with Crippen molar-refractivity contribution >= 4 is 31.9 Å². The summed E-state index contributed by atoms with van der Waals surface area (Å²) in [6, 6.07) is 7.78. The van der Waals surface area contributed by atoms with Gasteiger partial charge >= 0.3 is 0 Å². The van der Waals surface area contributed by atoms with Gasteiger partial charge in [-0.25, -0.2) is 8.78 Å². The van der Waals surface area contributed by atoms with Crippen molar-refractivity contribution in [1.82, 2.24) is 5.32 Å². The first-order valence-corrected chi connectivity index (χ1v) is 7.61. The molecule has 2 aromatic carbocycles. The van der Waals surface area contributed by atoms with Crippen LogP contribution >= 0.6 is 31.9 Å². The summed E-state index contributed by atoms with van der Waals surface area (Å²) in [7, 11) is 1.68. The Morgan fingerprint density at radius 3 is 2.35 bits per heavy atom. The highest BCUT2D eigenvalue weighted by Crippen LogP contribution is 2.34. The molecule has 1 unspecified atom stereocenters. The molecule has 1 N–H and O–H groups in total. The van der Waals surface area contributed by atoms with E-state index in [9.17, 15) is 8.78 Å². The molecule has 0 saturated heterocycles. The van der Waals surface area contributed by atoms with Crippen LogP contribution in [0.4, 0.5) is 8.78 Å². The number of halogens is 4. The quantitative estimate of drug-likeness (QED) is 0.701. The van der Waals surface area contributed by atoms with Crippen molar-refractivity contribution in [3.8, 4) is 0 Å². The summed E-state index contributed by atoms with van der Waals surface area (Å²) >= 11 is 6.54. The zero-order chi connectivity index (χ0) is 14.9. The van der Waals surface area contributed by atoms with Crippen LogP contribution in [0.15, 0.2) is 39.3 Å². The van der Waals surface area contributed by atoms with Crippen LogP contribution in [0.5, 0.6) is 0 Å². The summed E-state index contributed by atoms with van der Waals surface area (Å²) in [5.74, 6) is -1.16. The molecule has 2 rings (SSSR count). The lowest BCUT2D eigenvalue weighted by atomic mass is 9.96. The van der Waals surface area contributed by atoms with E-state index in [-0.39, 0.29) is 10.0 Å². The fraction of sp³-hybridized carbons (Fsp3) is 0.200. The summed E-state index contributed by atoms with van der Waals surface area (Å²) < 4.78 is 29.4. The van der Waals surface area contributed by atoms with Crippen molar-refractivity contribution in [3.63, 3.8) is 0 Å². The molecule has 0 spiro atoms. The minimum Gasteiger partial charge on any atom is -0.309 e. The van der Waals surface area contributed by atoms with Crippen molar-refractivity contribution in [1.29, 1.82) is 0 Å². The molecule has 0 aliphatic rings. The monoisotopic (exact) mass is 403 g/mol. The number of nitrogens with one attached hydrogen (secondary N) is 1. The Morgan fingerprint density at radius 1 is 1.05 bits per heavy atom. The second kappa shape index (κ2) is 6.33. The number of hydrogen-bond acceptors (Lipinski definition) is 1. The number of aryl methyl sites for hydroxylation is 1. The third-order valence-corrected chi connectivity index (χ3v) is 4.45. The van der Waals surface area contributed by atoms with Gasteiger partial charge < -0.3 is 5.32 Å². The number of benzene rings is 2. The van der Waals surface area contributed by atoms with Crippen LogP contribution in [-0.4, -0.2) is 7.05 Å². The molecule has 5 heteroatoms. The zero-order valence-corrected chi connectivity index (χ0v) is 14.1. The van der Waals surface area contributed by atoms with Gasteiger partial charge in [0.2, 0.25) is 0 Å². The standard InChI is InChI=1S/C15H13Br2F2N/c1-8-3-4-10(16)9(7-8)15(20-2)13-12(18)6-5-11(17)14(13)19/h3-7,15,20H,1-2H3. The molecule has 0 amide bonds. The maximum Gasteiger partial charge on any atom is 0.145 e. The van der Waals surface area contributed by atoms with Crippen LogP contribution in [0.25, 0.3) is 0 Å². The van der Waals surface area contributed by atoms with E-state index in [1.807, 2.05) is 25.1 Å². The van der Waals surface area contributed by atoms with Crippen LogP contribution in [0.3, 0.4) is 0 Å². The molecule has 106 valence electrons. The third kappa shape index (κ3) is 2.95. The fourth-order valence-electron chi connectivity index (χ4n) is 2.15. The molecule has 2 aromatic rings. The first-order chi connectivity index (χ1) is 9.45. The van der Waals surface area contributed by atoms with Gasteiger partial charge in [0.1, 0.15) is 11.6 Å². The van der Waals surface area contributed by atoms with Crippen LogP contribution in [0.1, 0.15) is 22.7 Å². The predicted octanol–water partition coefficient (Wildman–Crippen LogP) is 5.11. The highest BCUT2D eigenvalue weighted by Gasteiger charge is 2.24. The van der Waals surface area contributed by atoms with Gasteiger partial charge in [0.15, 0.2) is 0 Å². The van der Waals surface area contributed by atoms with Crippen molar-refractivity contribution in [2.45, 2.75) is 13.0 Å². The van der Waals surface area contributed by atoms with Crippen molar-refractivity contribution in [2.24, 2.45) is 0 Å². The lowest BCUT2D eigenvalue weighted by Gasteiger charge is -2.21. The maximum absolute atomic E-state index is 14.3. The first-order valence-electron chi connectivity index (χ1n) is 6.02. The maximum atomic E-state index is 14.3. The van der Waals surface area contributed by atoms with Gasteiger partial charge in [-0.3, -0.25) is 0 Å². The molecule has 20 heavy (non-hydrogen) atoms. The molecule has 0 fully saturated rings. The van der Waals surface area contributed by atoms with Gasteiger partial charge in [0.25, 0.3) is 0 Å². The normalized spacial score (nSPS) is 12.5. The molecule has 0 heterocycles. The van der Waals surface area contributed by atoms with Gasteiger partial charge in [-0.15, -0.1) is 0 Å². The third-order valence-electron chi connectivity index (χ3n) is 3.12. The summed E-state index contributed by atoms with van der Waals surface area (Å²) in [6.07, 6.45) is 0. The Bertz CT molecular complexity index is 644. The summed E-state index contributed by atoms with van der Waals surface area (Å²) in [5.41, 5.74) is 1.83. The Labute approximate surface area is 133 Å². The second-order valence-electron chi connectivity index (χ2n) is 4.50. The highest BCUT2D eigenvalue weighted by atomic mass is 79.9. The van der Waals surface area contributed by atoms with Crippen molar-refractivity contribution in [3.05, 3.63) is 67.6 Å². The molecule has 0 aliphatic heterocycles. The molecular formula is C15H13Br2F2N. The van der Waals surface area contributed by atoms with Crippen LogP contribution < -0.4 is 5.32 Å². The zero-order valence-electron chi connectivity index (χ0n) is 11.0. The SMILES string of the molecule is CNC(c1cc(C)ccc1Br)c1c(F)ccc(Br)c1F. The van der Waals surface area contributed by atoms with Gasteiger partial charge in [-0.05, 0) is 53.7 Å². The second-order valence-corrected chi connectivity index (χ2v) is 6.21. The lowest BCUT2D eigenvalue weighted by molar-refractivity contribution is 0.518. The van der Waals surface area contributed by atoms with Crippen LogP contribution in [0, 0.1) is 18.6 Å². The molecule has 0 saturated carbocycles. The smallest absolute Gasteiger partial charge is 0.145 e. The van der Waals surface area contributed by atoms with E-state index in [2.05, 4.69) is 37.2 Å². The number of rotatable bonds is 3. The Kier molecular flexibility index (Phi) is 4.94. The van der Waals surface area contributed by atoms with E-state index in [0.29, 0.717) is 0 Å². The van der Waals surface area contributed by atoms with E-state index in [1.165, 1.54) is 12.1 Å². The average Bonchev–Trinajstić information content (AvgIpc) is 2.42. The summed E-state index contributed by atoms with van der Waals surface area (Å²) in [4.78, 5) is 0. The first kappa shape index (κ1) is 15.6. The predicted molar refractivity (Wildman–Crippen MR) is 83.8 cm³/mol. The Balaban J connectivity index is 2.64. The highest BCUT2D eigenvalue weighted by molar-refractivity contribution is 9.10. The molecule has 1 nitrogen and oxygen atoms in total. The minimum absolute atomic E-state index is 0.00757. The molecule has 0 aromatic heterocycles. The van der Waals surface area contributed by atoms with E-state index in [1.54, 1.807) is 7.05 Å². The Morgan fingerprint density at radius 2 is 1.70 bits per heavy atom. The fourth-order valence-corrected chi connectivity index (χ4v) is 2.97. The lowest BCUT2D eigenvalue weighted by Crippen LogP contribution is -2.21. The molecule has 0 aliphatic carbocycles. The van der Waals surface area contributed by atoms with E-state index in [4.69, 9.17) is 0 Å².